The molecule has 0 atom stereocenters. The maximum atomic E-state index is 5.57. The molecule has 0 heteroatoms. The molecule has 0 aliphatic rings. The summed E-state index contributed by atoms with van der Waals surface area (Å²) in [6.07, 6.45) is 16.4. The zero-order chi connectivity index (χ0) is 16.9. The van der Waals surface area contributed by atoms with Gasteiger partial charge in [0, 0.05) is 16.7 Å². The van der Waals surface area contributed by atoms with E-state index in [0.717, 1.165) is 38.9 Å². The fraction of sp³-hybridized carbons (Fsp3) is 0. The Balaban J connectivity index is 2.17. The van der Waals surface area contributed by atoms with E-state index in [0.29, 0.717) is 0 Å². The summed E-state index contributed by atoms with van der Waals surface area (Å²) >= 11 is 0. The molecular formula is C24H14. The lowest BCUT2D eigenvalue weighted by molar-refractivity contribution is 1.54. The molecule has 3 rings (SSSR count). The van der Waals surface area contributed by atoms with Crippen molar-refractivity contribution in [3.63, 3.8) is 0 Å². The fourth-order valence-electron chi connectivity index (χ4n) is 2.62. The van der Waals surface area contributed by atoms with Crippen molar-refractivity contribution < 1.29 is 0 Å². The van der Waals surface area contributed by atoms with Crippen molar-refractivity contribution in [1.82, 2.24) is 0 Å². The average Bonchev–Trinajstić information content (AvgIpc) is 2.67. The minimum atomic E-state index is 0.843. The Kier molecular flexibility index (Phi) is 4.21. The zero-order valence-corrected chi connectivity index (χ0v) is 13.1. The first kappa shape index (κ1) is 15.2. The van der Waals surface area contributed by atoms with Crippen LogP contribution in [0.2, 0.25) is 0 Å². The van der Waals surface area contributed by atoms with Crippen molar-refractivity contribution in [2.75, 3.05) is 0 Å². The summed E-state index contributed by atoms with van der Waals surface area (Å²) in [4.78, 5) is 0. The third-order valence-electron chi connectivity index (χ3n) is 3.91. The van der Waals surface area contributed by atoms with Crippen molar-refractivity contribution in [2.45, 2.75) is 0 Å². The van der Waals surface area contributed by atoms with E-state index in [1.807, 2.05) is 66.7 Å². The summed E-state index contributed by atoms with van der Waals surface area (Å²) in [6, 6.07) is 21.9. The topological polar surface area (TPSA) is 0 Å². The van der Waals surface area contributed by atoms with Gasteiger partial charge in [-0.2, -0.15) is 0 Å². The van der Waals surface area contributed by atoms with Crippen LogP contribution in [0.1, 0.15) is 16.7 Å². The molecule has 0 aliphatic heterocycles. The average molecular weight is 302 g/mol. The van der Waals surface area contributed by atoms with Crippen LogP contribution < -0.4 is 0 Å². The van der Waals surface area contributed by atoms with E-state index >= 15 is 0 Å². The molecule has 0 spiro atoms. The number of hydrogen-bond donors (Lipinski definition) is 0. The number of rotatable bonds is 2. The lowest BCUT2D eigenvalue weighted by Crippen LogP contribution is -1.88. The van der Waals surface area contributed by atoms with Crippen LogP contribution >= 0.6 is 0 Å². The lowest BCUT2D eigenvalue weighted by atomic mass is 9.92. The lowest BCUT2D eigenvalue weighted by Gasteiger charge is -2.12. The summed E-state index contributed by atoms with van der Waals surface area (Å²) in [5.74, 6) is 7.97. The Morgan fingerprint density at radius 2 is 0.875 bits per heavy atom. The van der Waals surface area contributed by atoms with Crippen LogP contribution in [-0.2, 0) is 0 Å². The van der Waals surface area contributed by atoms with Gasteiger partial charge < -0.3 is 0 Å². The van der Waals surface area contributed by atoms with Gasteiger partial charge >= 0.3 is 0 Å². The van der Waals surface area contributed by atoms with E-state index in [4.69, 9.17) is 19.3 Å². The molecule has 0 radical (unpaired) electrons. The van der Waals surface area contributed by atoms with Crippen LogP contribution in [0.15, 0.2) is 66.7 Å². The molecule has 0 amide bonds. The van der Waals surface area contributed by atoms with Crippen LogP contribution in [0.3, 0.4) is 0 Å². The standard InChI is InChI=1S/C24H14/c1-4-18-7-12-21(13-8-18)23-16-11-20(6-3)17-24(23)22-14-9-19(5-2)10-15-22/h1-3,7-17H. The highest BCUT2D eigenvalue weighted by Gasteiger charge is 2.08. The number of terminal acetylenes is 3. The first-order valence-electron chi connectivity index (χ1n) is 7.50. The van der Waals surface area contributed by atoms with E-state index in [1.165, 1.54) is 0 Å². The first-order valence-corrected chi connectivity index (χ1v) is 7.50. The smallest absolute Gasteiger partial charge is 0.0249 e. The second kappa shape index (κ2) is 6.62. The summed E-state index contributed by atoms with van der Waals surface area (Å²) in [5.41, 5.74) is 6.89. The van der Waals surface area contributed by atoms with Gasteiger partial charge in [-0.3, -0.25) is 0 Å². The summed E-state index contributed by atoms with van der Waals surface area (Å²) in [7, 11) is 0. The van der Waals surface area contributed by atoms with Crippen LogP contribution in [0.5, 0.6) is 0 Å². The molecule has 0 N–H and O–H groups in total. The van der Waals surface area contributed by atoms with E-state index in [9.17, 15) is 0 Å². The highest BCUT2D eigenvalue weighted by Crippen LogP contribution is 2.33. The Morgan fingerprint density at radius 3 is 1.33 bits per heavy atom. The Morgan fingerprint density at radius 1 is 0.458 bits per heavy atom. The molecule has 0 aliphatic carbocycles. The van der Waals surface area contributed by atoms with Gasteiger partial charge in [-0.05, 0) is 58.7 Å². The molecular weight excluding hydrogens is 288 g/mol. The molecule has 3 aromatic rings. The second-order valence-electron chi connectivity index (χ2n) is 5.35. The molecule has 0 unspecified atom stereocenters. The molecule has 110 valence electrons. The van der Waals surface area contributed by atoms with Crippen molar-refractivity contribution in [3.05, 3.63) is 83.4 Å². The highest BCUT2D eigenvalue weighted by atomic mass is 14.1. The van der Waals surface area contributed by atoms with Gasteiger partial charge in [-0.25, -0.2) is 0 Å². The van der Waals surface area contributed by atoms with Crippen LogP contribution in [-0.4, -0.2) is 0 Å². The predicted octanol–water partition coefficient (Wildman–Crippen LogP) is 4.96. The molecule has 0 aromatic heterocycles. The van der Waals surface area contributed by atoms with Gasteiger partial charge in [0.1, 0.15) is 0 Å². The summed E-state index contributed by atoms with van der Waals surface area (Å²) in [5, 5.41) is 0. The molecule has 0 nitrogen and oxygen atoms in total. The molecule has 0 saturated heterocycles. The van der Waals surface area contributed by atoms with Gasteiger partial charge in [-0.1, -0.05) is 48.1 Å². The molecule has 0 fully saturated rings. The van der Waals surface area contributed by atoms with E-state index < -0.39 is 0 Å². The minimum Gasteiger partial charge on any atom is -0.115 e. The van der Waals surface area contributed by atoms with Gasteiger partial charge in [0.2, 0.25) is 0 Å². The number of benzene rings is 3. The first-order chi connectivity index (χ1) is 11.7. The monoisotopic (exact) mass is 302 g/mol. The fourth-order valence-corrected chi connectivity index (χ4v) is 2.62. The van der Waals surface area contributed by atoms with E-state index in [2.05, 4.69) is 17.8 Å². The van der Waals surface area contributed by atoms with Crippen molar-refractivity contribution in [3.8, 4) is 59.3 Å². The van der Waals surface area contributed by atoms with Gasteiger partial charge in [0.05, 0.1) is 0 Å². The largest absolute Gasteiger partial charge is 0.115 e. The third-order valence-corrected chi connectivity index (χ3v) is 3.91. The van der Waals surface area contributed by atoms with Crippen LogP contribution in [0, 0.1) is 37.0 Å². The van der Waals surface area contributed by atoms with E-state index in [-0.39, 0.29) is 0 Å². The van der Waals surface area contributed by atoms with Crippen molar-refractivity contribution >= 4 is 0 Å². The molecule has 24 heavy (non-hydrogen) atoms. The van der Waals surface area contributed by atoms with Gasteiger partial charge in [0.25, 0.3) is 0 Å². The Bertz CT molecular complexity index is 996. The Labute approximate surface area is 143 Å². The highest BCUT2D eigenvalue weighted by molar-refractivity contribution is 5.84. The van der Waals surface area contributed by atoms with Crippen LogP contribution in [0.25, 0.3) is 22.3 Å². The molecule has 3 aromatic carbocycles. The van der Waals surface area contributed by atoms with E-state index in [1.54, 1.807) is 0 Å². The Hall–Kier alpha value is -3.66. The van der Waals surface area contributed by atoms with Crippen LogP contribution in [0.4, 0.5) is 0 Å². The molecule has 0 bridgehead atoms. The van der Waals surface area contributed by atoms with Crippen molar-refractivity contribution in [2.24, 2.45) is 0 Å². The second-order valence-corrected chi connectivity index (χ2v) is 5.35. The zero-order valence-electron chi connectivity index (χ0n) is 13.1. The third kappa shape index (κ3) is 2.94. The maximum Gasteiger partial charge on any atom is 0.0249 e. The SMILES string of the molecule is C#Cc1ccc(-c2ccc(C#C)cc2-c2ccc(C#C)cc2)cc1. The minimum absolute atomic E-state index is 0.843. The van der Waals surface area contributed by atoms with Gasteiger partial charge in [0.15, 0.2) is 0 Å². The molecule has 0 heterocycles. The number of hydrogen-bond acceptors (Lipinski definition) is 0. The molecule has 0 saturated carbocycles. The quantitative estimate of drug-likeness (QED) is 0.587. The normalized spacial score (nSPS) is 9.54. The predicted molar refractivity (Wildman–Crippen MR) is 101 cm³/mol. The summed E-state index contributed by atoms with van der Waals surface area (Å²) < 4.78 is 0. The maximum absolute atomic E-state index is 5.57. The van der Waals surface area contributed by atoms with Crippen molar-refractivity contribution in [1.29, 1.82) is 0 Å². The van der Waals surface area contributed by atoms with Gasteiger partial charge in [-0.15, -0.1) is 19.3 Å². The summed E-state index contributed by atoms with van der Waals surface area (Å²) in [6.45, 7) is 0.